The van der Waals surface area contributed by atoms with E-state index in [1.54, 1.807) is 30.6 Å². The largest absolute Gasteiger partial charge is 0.487 e. The van der Waals surface area contributed by atoms with Gasteiger partial charge in [0.1, 0.15) is 17.2 Å². The molecule has 0 fully saturated rings. The second-order valence-corrected chi connectivity index (χ2v) is 7.03. The van der Waals surface area contributed by atoms with Crippen LogP contribution < -0.4 is 10.5 Å². The minimum Gasteiger partial charge on any atom is -0.487 e. The standard InChI is InChI=1S/C19H14N4O4S/c20-19(24)18-16(27-9-12-3-1-2-4-15(12)23(25)26)8-17(28-18)11-5-6-13-14(7-11)22-10-21-13/h1-8,10H,9H2,(H2,20,24)(H,21,22). The van der Waals surface area contributed by atoms with Crippen molar-refractivity contribution in [2.24, 2.45) is 5.73 Å². The number of nitrogens with one attached hydrogen (secondary N) is 1. The van der Waals surface area contributed by atoms with E-state index in [0.717, 1.165) is 21.5 Å². The number of carbonyl (C=O) groups is 1. The van der Waals surface area contributed by atoms with E-state index in [2.05, 4.69) is 9.97 Å². The Labute approximate surface area is 162 Å². The molecule has 0 aliphatic carbocycles. The number of nitro groups is 1. The van der Waals surface area contributed by atoms with Crippen molar-refractivity contribution in [1.29, 1.82) is 0 Å². The molecule has 140 valence electrons. The summed E-state index contributed by atoms with van der Waals surface area (Å²) in [6.07, 6.45) is 1.61. The number of aromatic nitrogens is 2. The van der Waals surface area contributed by atoms with Crippen molar-refractivity contribution < 1.29 is 14.5 Å². The zero-order valence-corrected chi connectivity index (χ0v) is 15.2. The molecule has 0 saturated heterocycles. The highest BCUT2D eigenvalue weighted by Gasteiger charge is 2.19. The second-order valence-electron chi connectivity index (χ2n) is 5.98. The van der Waals surface area contributed by atoms with Crippen LogP contribution in [-0.2, 0) is 6.61 Å². The number of rotatable bonds is 6. The van der Waals surface area contributed by atoms with E-state index in [4.69, 9.17) is 10.5 Å². The van der Waals surface area contributed by atoms with Crippen molar-refractivity contribution in [1.82, 2.24) is 9.97 Å². The van der Waals surface area contributed by atoms with Gasteiger partial charge in [-0.15, -0.1) is 11.3 Å². The van der Waals surface area contributed by atoms with Crippen LogP contribution in [0.2, 0.25) is 0 Å². The van der Waals surface area contributed by atoms with Crippen LogP contribution in [0.1, 0.15) is 15.2 Å². The molecule has 28 heavy (non-hydrogen) atoms. The van der Waals surface area contributed by atoms with Gasteiger partial charge in [0.2, 0.25) is 0 Å². The first-order valence-electron chi connectivity index (χ1n) is 8.25. The Bertz CT molecular complexity index is 1200. The Hall–Kier alpha value is -3.72. The van der Waals surface area contributed by atoms with Crippen LogP contribution in [0.4, 0.5) is 5.69 Å². The van der Waals surface area contributed by atoms with Gasteiger partial charge in [0, 0.05) is 10.9 Å². The first kappa shape index (κ1) is 17.7. The summed E-state index contributed by atoms with van der Waals surface area (Å²) in [7, 11) is 0. The van der Waals surface area contributed by atoms with Crippen LogP contribution in [0.5, 0.6) is 5.75 Å². The normalized spacial score (nSPS) is 10.9. The number of H-pyrrole nitrogens is 1. The van der Waals surface area contributed by atoms with E-state index in [1.165, 1.54) is 17.4 Å². The number of hydrogen-bond acceptors (Lipinski definition) is 6. The predicted octanol–water partition coefficient (Wildman–Crippen LogP) is 3.88. The minimum absolute atomic E-state index is 0.0393. The number of fused-ring (bicyclic) bond motifs is 1. The fourth-order valence-electron chi connectivity index (χ4n) is 2.85. The number of ether oxygens (including phenoxy) is 1. The van der Waals surface area contributed by atoms with Crippen molar-refractivity contribution in [3.63, 3.8) is 0 Å². The second kappa shape index (κ2) is 7.12. The van der Waals surface area contributed by atoms with Crippen molar-refractivity contribution in [2.45, 2.75) is 6.61 Å². The number of imidazole rings is 1. The quantitative estimate of drug-likeness (QED) is 0.379. The summed E-state index contributed by atoms with van der Waals surface area (Å²) < 4.78 is 5.73. The van der Waals surface area contributed by atoms with Gasteiger partial charge in [0.05, 0.1) is 27.8 Å². The minimum atomic E-state index is -0.616. The van der Waals surface area contributed by atoms with Crippen molar-refractivity contribution >= 4 is 34.0 Å². The molecule has 0 bridgehead atoms. The maximum atomic E-state index is 11.9. The molecule has 0 aliphatic heterocycles. The molecule has 0 aliphatic rings. The van der Waals surface area contributed by atoms with Crippen molar-refractivity contribution in [3.8, 4) is 16.2 Å². The Morgan fingerprint density at radius 3 is 2.86 bits per heavy atom. The average Bonchev–Trinajstić information content (AvgIpc) is 3.32. The Balaban J connectivity index is 1.66. The van der Waals surface area contributed by atoms with Crippen LogP contribution in [0.25, 0.3) is 21.5 Å². The van der Waals surface area contributed by atoms with Crippen molar-refractivity contribution in [2.75, 3.05) is 0 Å². The third-order valence-electron chi connectivity index (χ3n) is 4.20. The molecule has 2 heterocycles. The lowest BCUT2D eigenvalue weighted by Gasteiger charge is -2.06. The molecule has 0 saturated carbocycles. The first-order valence-corrected chi connectivity index (χ1v) is 9.07. The highest BCUT2D eigenvalue weighted by atomic mass is 32.1. The number of nitrogens with zero attached hydrogens (tertiary/aromatic N) is 2. The van der Waals surface area contributed by atoms with E-state index in [-0.39, 0.29) is 17.2 Å². The Morgan fingerprint density at radius 1 is 1.25 bits per heavy atom. The van der Waals surface area contributed by atoms with Crippen LogP contribution in [0.3, 0.4) is 0 Å². The predicted molar refractivity (Wildman–Crippen MR) is 105 cm³/mol. The van der Waals surface area contributed by atoms with E-state index >= 15 is 0 Å². The van der Waals surface area contributed by atoms with Gasteiger partial charge in [-0.3, -0.25) is 14.9 Å². The summed E-state index contributed by atoms with van der Waals surface area (Å²) in [5.74, 6) is -0.317. The van der Waals surface area contributed by atoms with Gasteiger partial charge in [-0.25, -0.2) is 4.98 Å². The molecule has 0 unspecified atom stereocenters. The van der Waals surface area contributed by atoms with E-state index in [0.29, 0.717) is 11.3 Å². The molecule has 3 N–H and O–H groups in total. The van der Waals surface area contributed by atoms with Crippen LogP contribution in [0, 0.1) is 10.1 Å². The fraction of sp³-hybridized carbons (Fsp3) is 0.0526. The molecule has 0 spiro atoms. The maximum Gasteiger partial charge on any atom is 0.276 e. The monoisotopic (exact) mass is 394 g/mol. The SMILES string of the molecule is NC(=O)c1sc(-c2ccc3[nH]cnc3c2)cc1OCc1ccccc1[N+](=O)[O-]. The van der Waals surface area contributed by atoms with Gasteiger partial charge in [0.25, 0.3) is 11.6 Å². The molecular formula is C19H14N4O4S. The number of aromatic amines is 1. The number of nitrogens with two attached hydrogens (primary N) is 1. The summed E-state index contributed by atoms with van der Waals surface area (Å²) >= 11 is 1.21. The number of benzene rings is 2. The van der Waals surface area contributed by atoms with E-state index in [9.17, 15) is 14.9 Å². The molecule has 2 aromatic heterocycles. The molecule has 4 aromatic rings. The summed E-state index contributed by atoms with van der Waals surface area (Å²) in [6, 6.07) is 13.7. The third kappa shape index (κ3) is 3.30. The first-order chi connectivity index (χ1) is 13.5. The highest BCUT2D eigenvalue weighted by Crippen LogP contribution is 2.37. The number of amides is 1. The lowest BCUT2D eigenvalue weighted by molar-refractivity contribution is -0.385. The van der Waals surface area contributed by atoms with Crippen LogP contribution in [-0.4, -0.2) is 20.8 Å². The average molecular weight is 394 g/mol. The topological polar surface area (TPSA) is 124 Å². The fourth-order valence-corrected chi connectivity index (χ4v) is 3.80. The summed E-state index contributed by atoms with van der Waals surface area (Å²) in [5, 5.41) is 11.2. The van der Waals surface area contributed by atoms with Gasteiger partial charge in [-0.2, -0.15) is 0 Å². The Kier molecular flexibility index (Phi) is 4.50. The molecule has 1 amide bonds. The molecule has 0 atom stereocenters. The smallest absolute Gasteiger partial charge is 0.276 e. The summed E-state index contributed by atoms with van der Waals surface area (Å²) in [5.41, 5.74) is 8.44. The van der Waals surface area contributed by atoms with Gasteiger partial charge in [-0.1, -0.05) is 18.2 Å². The lowest BCUT2D eigenvalue weighted by atomic mass is 10.1. The lowest BCUT2D eigenvalue weighted by Crippen LogP contribution is -2.10. The van der Waals surface area contributed by atoms with E-state index < -0.39 is 10.8 Å². The molecule has 2 aromatic carbocycles. The summed E-state index contributed by atoms with van der Waals surface area (Å²) in [6.45, 7) is -0.0496. The molecular weight excluding hydrogens is 380 g/mol. The zero-order valence-electron chi connectivity index (χ0n) is 14.4. The number of hydrogen-bond donors (Lipinski definition) is 2. The molecule has 8 nitrogen and oxygen atoms in total. The van der Waals surface area contributed by atoms with Gasteiger partial charge in [0.15, 0.2) is 0 Å². The highest BCUT2D eigenvalue weighted by molar-refractivity contribution is 7.17. The number of primary amides is 1. The zero-order chi connectivity index (χ0) is 19.7. The van der Waals surface area contributed by atoms with E-state index in [1.807, 2.05) is 18.2 Å². The van der Waals surface area contributed by atoms with Gasteiger partial charge < -0.3 is 15.5 Å². The number of nitro benzene ring substituents is 1. The molecule has 9 heteroatoms. The number of carbonyl (C=O) groups excluding carboxylic acids is 1. The summed E-state index contributed by atoms with van der Waals surface area (Å²) in [4.78, 5) is 30.8. The number of thiophene rings is 1. The maximum absolute atomic E-state index is 11.9. The van der Waals surface area contributed by atoms with Crippen LogP contribution in [0.15, 0.2) is 54.9 Å². The third-order valence-corrected chi connectivity index (χ3v) is 5.38. The number of para-hydroxylation sites is 1. The Morgan fingerprint density at radius 2 is 2.07 bits per heavy atom. The van der Waals surface area contributed by atoms with Crippen LogP contribution >= 0.6 is 11.3 Å². The van der Waals surface area contributed by atoms with Gasteiger partial charge in [-0.05, 0) is 29.8 Å². The van der Waals surface area contributed by atoms with Gasteiger partial charge >= 0.3 is 0 Å². The van der Waals surface area contributed by atoms with Crippen molar-refractivity contribution in [3.05, 3.63) is 75.4 Å². The molecule has 0 radical (unpaired) electrons. The molecule has 4 rings (SSSR count).